The number of rotatable bonds is 3. The molecule has 1 aliphatic heterocycles. The number of anilines is 2. The lowest BCUT2D eigenvalue weighted by Gasteiger charge is -2.31. The van der Waals surface area contributed by atoms with Crippen molar-refractivity contribution in [3.05, 3.63) is 18.3 Å². The third-order valence-electron chi connectivity index (χ3n) is 4.56. The lowest BCUT2D eigenvalue weighted by atomic mass is 9.82. The van der Waals surface area contributed by atoms with Gasteiger partial charge in [-0.3, -0.25) is 4.79 Å². The second-order valence-corrected chi connectivity index (χ2v) is 6.17. The Morgan fingerprint density at radius 1 is 1.17 bits per heavy atom. The molecule has 6 nitrogen and oxygen atoms in total. The van der Waals surface area contributed by atoms with Crippen molar-refractivity contribution < 1.29 is 9.53 Å². The molecular formula is C16H26Cl2N4O2. The van der Waals surface area contributed by atoms with E-state index >= 15 is 0 Å². The minimum atomic E-state index is -0.733. The van der Waals surface area contributed by atoms with Crippen LogP contribution >= 0.6 is 24.8 Å². The zero-order valence-corrected chi connectivity index (χ0v) is 15.3. The molecule has 0 bridgehead atoms. The first-order valence-electron chi connectivity index (χ1n) is 8.06. The highest BCUT2D eigenvalue weighted by Gasteiger charge is 2.35. The summed E-state index contributed by atoms with van der Waals surface area (Å²) in [5, 5.41) is 2.86. The molecule has 0 atom stereocenters. The first-order valence-corrected chi connectivity index (χ1v) is 8.06. The van der Waals surface area contributed by atoms with Gasteiger partial charge < -0.3 is 20.7 Å². The molecule has 1 saturated heterocycles. The highest BCUT2D eigenvalue weighted by atomic mass is 35.5. The largest absolute Gasteiger partial charge is 0.378 e. The number of halogens is 2. The summed E-state index contributed by atoms with van der Waals surface area (Å²) in [6.45, 7) is 3.24. The number of carbonyl (C=O) groups is 1. The molecule has 2 aliphatic rings. The second-order valence-electron chi connectivity index (χ2n) is 6.17. The minimum Gasteiger partial charge on any atom is -0.378 e. The summed E-state index contributed by atoms with van der Waals surface area (Å²) in [6, 6.07) is 3.83. The Morgan fingerprint density at radius 2 is 1.83 bits per heavy atom. The van der Waals surface area contributed by atoms with Crippen LogP contribution in [0.5, 0.6) is 0 Å². The number of ether oxygens (including phenoxy) is 1. The summed E-state index contributed by atoms with van der Waals surface area (Å²) in [5.41, 5.74) is 6.56. The number of nitrogens with zero attached hydrogens (tertiary/aromatic N) is 2. The van der Waals surface area contributed by atoms with Gasteiger partial charge in [0.15, 0.2) is 0 Å². The van der Waals surface area contributed by atoms with Crippen molar-refractivity contribution in [3.63, 3.8) is 0 Å². The van der Waals surface area contributed by atoms with Gasteiger partial charge in [-0.05, 0) is 25.0 Å². The van der Waals surface area contributed by atoms with Gasteiger partial charge in [0, 0.05) is 13.1 Å². The van der Waals surface area contributed by atoms with Crippen LogP contribution in [-0.4, -0.2) is 42.7 Å². The van der Waals surface area contributed by atoms with E-state index in [-0.39, 0.29) is 30.7 Å². The fourth-order valence-corrected chi connectivity index (χ4v) is 3.12. The molecule has 0 spiro atoms. The van der Waals surface area contributed by atoms with Crippen LogP contribution in [0.2, 0.25) is 0 Å². The van der Waals surface area contributed by atoms with Crippen molar-refractivity contribution in [2.45, 2.75) is 37.6 Å². The monoisotopic (exact) mass is 376 g/mol. The average Bonchev–Trinajstić information content (AvgIpc) is 2.57. The number of aromatic nitrogens is 1. The van der Waals surface area contributed by atoms with Gasteiger partial charge in [-0.15, -0.1) is 24.8 Å². The maximum atomic E-state index is 12.4. The number of carbonyl (C=O) groups excluding carboxylic acids is 1. The van der Waals surface area contributed by atoms with Crippen LogP contribution < -0.4 is 16.0 Å². The van der Waals surface area contributed by atoms with Gasteiger partial charge in [-0.25, -0.2) is 4.98 Å². The van der Waals surface area contributed by atoms with Gasteiger partial charge in [-0.2, -0.15) is 0 Å². The second kappa shape index (κ2) is 9.42. The van der Waals surface area contributed by atoms with E-state index in [1.54, 1.807) is 6.20 Å². The van der Waals surface area contributed by atoms with Gasteiger partial charge in [-0.1, -0.05) is 19.3 Å². The molecule has 0 unspecified atom stereocenters. The Hall–Kier alpha value is -1.08. The van der Waals surface area contributed by atoms with Crippen molar-refractivity contribution in [2.24, 2.45) is 5.73 Å². The number of amides is 1. The lowest BCUT2D eigenvalue weighted by Crippen LogP contribution is -2.52. The standard InChI is InChI=1S/C16H24N4O2.2ClH/c17-16(6-2-1-3-7-16)15(21)19-14-5-4-13(12-18-14)20-8-10-22-11-9-20;;/h4-5,12H,1-3,6-11,17H2,(H,18,19,21);2*1H. The summed E-state index contributed by atoms with van der Waals surface area (Å²) in [4.78, 5) is 19.0. The van der Waals surface area contributed by atoms with E-state index in [1.165, 1.54) is 6.42 Å². The zero-order chi connectivity index (χ0) is 15.4. The van der Waals surface area contributed by atoms with Crippen LogP contribution in [0.4, 0.5) is 11.5 Å². The number of hydrogen-bond acceptors (Lipinski definition) is 5. The van der Waals surface area contributed by atoms with Crippen LogP contribution in [0.15, 0.2) is 18.3 Å². The van der Waals surface area contributed by atoms with Crippen LogP contribution in [0, 0.1) is 0 Å². The third kappa shape index (κ3) is 4.96. The van der Waals surface area contributed by atoms with E-state index in [2.05, 4.69) is 15.2 Å². The molecular weight excluding hydrogens is 351 g/mol. The molecule has 1 amide bonds. The molecule has 3 N–H and O–H groups in total. The Balaban J connectivity index is 0.00000144. The molecule has 2 heterocycles. The average molecular weight is 377 g/mol. The van der Waals surface area contributed by atoms with Crippen LogP contribution in [0.3, 0.4) is 0 Å². The van der Waals surface area contributed by atoms with Crippen molar-refractivity contribution in [1.82, 2.24) is 4.98 Å². The predicted octanol–water partition coefficient (Wildman–Crippen LogP) is 2.36. The molecule has 136 valence electrons. The third-order valence-corrected chi connectivity index (χ3v) is 4.56. The van der Waals surface area contributed by atoms with Gasteiger partial charge >= 0.3 is 0 Å². The maximum absolute atomic E-state index is 12.4. The first kappa shape index (κ1) is 21.0. The molecule has 1 aliphatic carbocycles. The molecule has 8 heteroatoms. The van der Waals surface area contributed by atoms with Crippen molar-refractivity contribution in [3.8, 4) is 0 Å². The summed E-state index contributed by atoms with van der Waals surface area (Å²) < 4.78 is 5.34. The Morgan fingerprint density at radius 3 is 2.42 bits per heavy atom. The zero-order valence-electron chi connectivity index (χ0n) is 13.7. The number of hydrogen-bond donors (Lipinski definition) is 2. The molecule has 1 saturated carbocycles. The normalized spacial score (nSPS) is 19.6. The van der Waals surface area contributed by atoms with Gasteiger partial charge in [0.1, 0.15) is 5.82 Å². The highest BCUT2D eigenvalue weighted by Crippen LogP contribution is 2.27. The quantitative estimate of drug-likeness (QED) is 0.845. The van der Waals surface area contributed by atoms with E-state index in [0.717, 1.165) is 57.7 Å². The summed E-state index contributed by atoms with van der Waals surface area (Å²) >= 11 is 0. The number of nitrogens with two attached hydrogens (primary N) is 1. The number of nitrogens with one attached hydrogen (secondary N) is 1. The van der Waals surface area contributed by atoms with E-state index in [1.807, 2.05) is 12.1 Å². The Labute approximate surface area is 155 Å². The SMILES string of the molecule is Cl.Cl.NC1(C(=O)Nc2ccc(N3CCOCC3)cn2)CCCCC1. The summed E-state index contributed by atoms with van der Waals surface area (Å²) in [5.74, 6) is 0.455. The molecule has 2 fully saturated rings. The Kier molecular flexibility index (Phi) is 8.22. The number of pyridine rings is 1. The smallest absolute Gasteiger partial charge is 0.245 e. The maximum Gasteiger partial charge on any atom is 0.245 e. The van der Waals surface area contributed by atoms with Crippen molar-refractivity contribution >= 4 is 42.2 Å². The van der Waals surface area contributed by atoms with Crippen LogP contribution in [0.1, 0.15) is 32.1 Å². The van der Waals surface area contributed by atoms with Crippen molar-refractivity contribution in [2.75, 3.05) is 36.5 Å². The van der Waals surface area contributed by atoms with E-state index in [4.69, 9.17) is 10.5 Å². The lowest BCUT2D eigenvalue weighted by molar-refractivity contribution is -0.122. The van der Waals surface area contributed by atoms with Gasteiger partial charge in [0.05, 0.1) is 30.6 Å². The molecule has 24 heavy (non-hydrogen) atoms. The van der Waals surface area contributed by atoms with Crippen LogP contribution in [-0.2, 0) is 9.53 Å². The fraction of sp³-hybridized carbons (Fsp3) is 0.625. The minimum absolute atomic E-state index is 0. The first-order chi connectivity index (χ1) is 10.7. The van der Waals surface area contributed by atoms with E-state index in [0.29, 0.717) is 5.82 Å². The summed E-state index contributed by atoms with van der Waals surface area (Å²) in [7, 11) is 0. The molecule has 1 aromatic rings. The van der Waals surface area contributed by atoms with Gasteiger partial charge in [0.2, 0.25) is 5.91 Å². The van der Waals surface area contributed by atoms with Crippen LogP contribution in [0.25, 0.3) is 0 Å². The molecule has 0 radical (unpaired) electrons. The molecule has 1 aromatic heterocycles. The predicted molar refractivity (Wildman–Crippen MR) is 100 cm³/mol. The topological polar surface area (TPSA) is 80.5 Å². The highest BCUT2D eigenvalue weighted by molar-refractivity contribution is 5.97. The van der Waals surface area contributed by atoms with Crippen molar-refractivity contribution in [1.29, 1.82) is 0 Å². The number of morpholine rings is 1. The Bertz CT molecular complexity index is 515. The van der Waals surface area contributed by atoms with E-state index in [9.17, 15) is 4.79 Å². The fourth-order valence-electron chi connectivity index (χ4n) is 3.12. The summed E-state index contributed by atoms with van der Waals surface area (Å²) in [6.07, 6.45) is 6.51. The molecule has 3 rings (SSSR count). The van der Waals surface area contributed by atoms with E-state index < -0.39 is 5.54 Å². The van der Waals surface area contributed by atoms with Gasteiger partial charge in [0.25, 0.3) is 0 Å². The molecule has 0 aromatic carbocycles.